The Bertz CT molecular complexity index is 873. The van der Waals surface area contributed by atoms with Crippen molar-refractivity contribution >= 4 is 29.4 Å². The van der Waals surface area contributed by atoms with Crippen LogP contribution in [0.2, 0.25) is 0 Å². The highest BCUT2D eigenvalue weighted by Gasteiger charge is 2.18. The summed E-state index contributed by atoms with van der Waals surface area (Å²) in [4.78, 5) is 34.0. The quantitative estimate of drug-likeness (QED) is 0.518. The van der Waals surface area contributed by atoms with Gasteiger partial charge in [-0.15, -0.1) is 5.10 Å². The molecule has 0 fully saturated rings. The maximum atomic E-state index is 12.1. The van der Waals surface area contributed by atoms with Crippen LogP contribution in [0.4, 0.5) is 0 Å². The van der Waals surface area contributed by atoms with Gasteiger partial charge in [-0.25, -0.2) is 9.50 Å². The molecule has 10 heteroatoms. The Labute approximate surface area is 155 Å². The molecule has 0 aliphatic carbocycles. The molecule has 26 heavy (non-hydrogen) atoms. The van der Waals surface area contributed by atoms with Gasteiger partial charge in [0.2, 0.25) is 5.16 Å². The van der Waals surface area contributed by atoms with E-state index in [0.29, 0.717) is 28.7 Å². The summed E-state index contributed by atoms with van der Waals surface area (Å²) < 4.78 is 6.67. The van der Waals surface area contributed by atoms with E-state index in [9.17, 15) is 9.59 Å². The van der Waals surface area contributed by atoms with Gasteiger partial charge in [0, 0.05) is 30.5 Å². The first-order valence-corrected chi connectivity index (χ1v) is 9.13. The summed E-state index contributed by atoms with van der Waals surface area (Å²) in [6, 6.07) is 1.96. The van der Waals surface area contributed by atoms with E-state index in [2.05, 4.69) is 15.1 Å². The molecule has 0 saturated carbocycles. The van der Waals surface area contributed by atoms with Gasteiger partial charge in [-0.3, -0.25) is 9.59 Å². The van der Waals surface area contributed by atoms with Crippen molar-refractivity contribution in [2.24, 2.45) is 0 Å². The topological polar surface area (TPSA) is 113 Å². The van der Waals surface area contributed by atoms with Crippen LogP contribution in [0.1, 0.15) is 23.4 Å². The van der Waals surface area contributed by atoms with E-state index in [0.717, 1.165) is 5.69 Å². The molecule has 9 nitrogen and oxygen atoms in total. The highest BCUT2D eigenvalue weighted by Crippen LogP contribution is 2.17. The van der Waals surface area contributed by atoms with Crippen molar-refractivity contribution in [1.82, 2.24) is 24.5 Å². The number of hydrogen-bond donors (Lipinski definition) is 0. The second kappa shape index (κ2) is 8.62. The lowest BCUT2D eigenvalue weighted by atomic mass is 10.1. The zero-order valence-corrected chi connectivity index (χ0v) is 16.0. The predicted molar refractivity (Wildman–Crippen MR) is 94.6 cm³/mol. The molecule has 0 N–H and O–H groups in total. The minimum absolute atomic E-state index is 0.00966. The largest absolute Gasteiger partial charge is 0.455 e. The lowest BCUT2D eigenvalue weighted by Crippen LogP contribution is -2.32. The van der Waals surface area contributed by atoms with Crippen molar-refractivity contribution in [3.8, 4) is 6.07 Å². The first kappa shape index (κ1) is 19.7. The molecule has 0 aliphatic heterocycles. The Morgan fingerprint density at radius 3 is 2.73 bits per heavy atom. The van der Waals surface area contributed by atoms with Gasteiger partial charge in [0.25, 0.3) is 11.7 Å². The van der Waals surface area contributed by atoms with E-state index in [-0.39, 0.29) is 25.4 Å². The van der Waals surface area contributed by atoms with Crippen LogP contribution < -0.4 is 0 Å². The van der Waals surface area contributed by atoms with Gasteiger partial charge >= 0.3 is 5.97 Å². The lowest BCUT2D eigenvalue weighted by molar-refractivity contribution is -0.150. The molecule has 1 amide bonds. The number of aromatic nitrogens is 4. The summed E-state index contributed by atoms with van der Waals surface area (Å²) in [5.41, 5.74) is 2.13. The first-order chi connectivity index (χ1) is 12.4. The summed E-state index contributed by atoms with van der Waals surface area (Å²) in [5, 5.41) is 13.5. The third-order valence-electron chi connectivity index (χ3n) is 3.87. The Morgan fingerprint density at radius 1 is 1.35 bits per heavy atom. The molecule has 0 bridgehead atoms. The minimum atomic E-state index is -0.524. The molecule has 0 radical (unpaired) electrons. The number of carbonyl (C=O) groups is 2. The molecule has 2 aromatic rings. The number of ether oxygens (including phenoxy) is 1. The summed E-state index contributed by atoms with van der Waals surface area (Å²) >= 11 is 1.41. The number of rotatable bonds is 7. The van der Waals surface area contributed by atoms with Crippen LogP contribution in [-0.4, -0.2) is 62.8 Å². The zero-order valence-electron chi connectivity index (χ0n) is 15.1. The first-order valence-electron chi connectivity index (χ1n) is 7.90. The fraction of sp³-hybridized carbons (Fsp3) is 0.500. The zero-order chi connectivity index (χ0) is 19.3. The number of fused-ring (bicyclic) bond motifs is 1. The van der Waals surface area contributed by atoms with Gasteiger partial charge in [0.15, 0.2) is 6.61 Å². The number of amides is 1. The van der Waals surface area contributed by atoms with Gasteiger partial charge in [0.1, 0.15) is 0 Å². The standard InChI is InChI=1S/C16H20N6O3S/c1-10-12(11(2)22-15(18-10)19-16(20-22)26-4)8-14(24)25-9-13(23)21(3)7-5-6-17/h5,7-9H2,1-4H3. The summed E-state index contributed by atoms with van der Waals surface area (Å²) in [6.07, 6.45) is 2.10. The van der Waals surface area contributed by atoms with E-state index >= 15 is 0 Å². The summed E-state index contributed by atoms with van der Waals surface area (Å²) in [6.45, 7) is 3.58. The number of thioether (sulfide) groups is 1. The third-order valence-corrected chi connectivity index (χ3v) is 4.41. The van der Waals surface area contributed by atoms with Crippen LogP contribution in [0.15, 0.2) is 5.16 Å². The van der Waals surface area contributed by atoms with Crippen molar-refractivity contribution in [3.05, 3.63) is 17.0 Å². The maximum absolute atomic E-state index is 12.1. The van der Waals surface area contributed by atoms with Gasteiger partial charge in [-0.2, -0.15) is 10.2 Å². The number of likely N-dealkylation sites (N-methyl/N-ethyl adjacent to an activating group) is 1. The minimum Gasteiger partial charge on any atom is -0.455 e. The van der Waals surface area contributed by atoms with Crippen molar-refractivity contribution in [1.29, 1.82) is 5.26 Å². The van der Waals surface area contributed by atoms with Gasteiger partial charge in [0.05, 0.1) is 18.9 Å². The van der Waals surface area contributed by atoms with Crippen molar-refractivity contribution in [2.45, 2.75) is 31.8 Å². The molecule has 0 aliphatic rings. The van der Waals surface area contributed by atoms with Crippen LogP contribution in [-0.2, 0) is 20.7 Å². The van der Waals surface area contributed by atoms with E-state index in [1.165, 1.54) is 16.7 Å². The van der Waals surface area contributed by atoms with E-state index < -0.39 is 5.97 Å². The highest BCUT2D eigenvalue weighted by atomic mass is 32.2. The fourth-order valence-electron chi connectivity index (χ4n) is 2.32. The monoisotopic (exact) mass is 376 g/mol. The summed E-state index contributed by atoms with van der Waals surface area (Å²) in [7, 11) is 1.56. The Morgan fingerprint density at radius 2 is 2.08 bits per heavy atom. The Hall–Kier alpha value is -2.67. The van der Waals surface area contributed by atoms with Crippen LogP contribution >= 0.6 is 11.8 Å². The SMILES string of the molecule is CSc1nc2nc(C)c(CC(=O)OCC(=O)N(C)CCC#N)c(C)n2n1. The van der Waals surface area contributed by atoms with Gasteiger partial charge in [-0.05, 0) is 20.1 Å². The molecular formula is C16H20N6O3S. The number of nitrogens with zero attached hydrogens (tertiary/aromatic N) is 6. The molecular weight excluding hydrogens is 356 g/mol. The van der Waals surface area contributed by atoms with Crippen LogP contribution in [0, 0.1) is 25.2 Å². The highest BCUT2D eigenvalue weighted by molar-refractivity contribution is 7.98. The Kier molecular flexibility index (Phi) is 6.52. The van der Waals surface area contributed by atoms with Crippen LogP contribution in [0.25, 0.3) is 5.78 Å². The number of carbonyl (C=O) groups excluding carboxylic acids is 2. The van der Waals surface area contributed by atoms with Crippen molar-refractivity contribution in [3.63, 3.8) is 0 Å². The predicted octanol–water partition coefficient (Wildman–Crippen LogP) is 0.921. The lowest BCUT2D eigenvalue weighted by Gasteiger charge is -2.15. The van der Waals surface area contributed by atoms with E-state index in [1.54, 1.807) is 18.5 Å². The summed E-state index contributed by atoms with van der Waals surface area (Å²) in [5.74, 6) is -0.392. The number of aryl methyl sites for hydroxylation is 2. The van der Waals surface area contributed by atoms with Crippen LogP contribution in [0.5, 0.6) is 0 Å². The molecule has 0 spiro atoms. The number of nitriles is 1. The van der Waals surface area contributed by atoms with Gasteiger partial charge < -0.3 is 9.64 Å². The number of esters is 1. The molecule has 2 rings (SSSR count). The molecule has 0 aromatic carbocycles. The molecule has 138 valence electrons. The molecule has 0 unspecified atom stereocenters. The average molecular weight is 376 g/mol. The van der Waals surface area contributed by atoms with Crippen LogP contribution in [0.3, 0.4) is 0 Å². The van der Waals surface area contributed by atoms with Gasteiger partial charge in [-0.1, -0.05) is 11.8 Å². The maximum Gasteiger partial charge on any atom is 0.310 e. The van der Waals surface area contributed by atoms with Crippen molar-refractivity contribution < 1.29 is 14.3 Å². The smallest absolute Gasteiger partial charge is 0.310 e. The molecule has 2 aromatic heterocycles. The number of hydrogen-bond acceptors (Lipinski definition) is 8. The molecule has 0 saturated heterocycles. The Balaban J connectivity index is 2.05. The van der Waals surface area contributed by atoms with E-state index in [4.69, 9.17) is 10.00 Å². The fourth-order valence-corrected chi connectivity index (χ4v) is 2.66. The van der Waals surface area contributed by atoms with E-state index in [1.807, 2.05) is 19.2 Å². The molecule has 2 heterocycles. The second-order valence-corrected chi connectivity index (χ2v) is 6.41. The van der Waals surface area contributed by atoms with Crippen molar-refractivity contribution in [2.75, 3.05) is 26.5 Å². The normalized spacial score (nSPS) is 10.6. The third kappa shape index (κ3) is 4.49. The molecule has 0 atom stereocenters. The average Bonchev–Trinajstić information content (AvgIpc) is 3.04. The second-order valence-electron chi connectivity index (χ2n) is 5.63.